The van der Waals surface area contributed by atoms with Gasteiger partial charge in [-0.05, 0) is 52.0 Å². The van der Waals surface area contributed by atoms with E-state index in [9.17, 15) is 36.7 Å². The minimum Gasteiger partial charge on any atom is -0.490 e. The van der Waals surface area contributed by atoms with Gasteiger partial charge in [0.05, 0.1) is 41.2 Å². The Balaban J connectivity index is 1.24. The second-order valence-corrected chi connectivity index (χ2v) is 14.7. The lowest BCUT2D eigenvalue weighted by Crippen LogP contribution is -2.55. The number of nitrogens with zero attached hydrogens (tertiary/aromatic N) is 10. The predicted octanol–water partition coefficient (Wildman–Crippen LogP) is 3.27. The molecule has 1 aliphatic heterocycles. The highest BCUT2D eigenvalue weighted by atomic mass is 19.3. The van der Waals surface area contributed by atoms with Gasteiger partial charge in [0.25, 0.3) is 11.8 Å². The molecule has 6 heterocycles. The monoisotopic (exact) mass is 893 g/mol. The summed E-state index contributed by atoms with van der Waals surface area (Å²) < 4.78 is 71.6. The molecule has 0 aliphatic carbocycles. The van der Waals surface area contributed by atoms with Crippen molar-refractivity contribution in [3.05, 3.63) is 76.5 Å². The number of nitrogens with one attached hydrogen (secondary N) is 2. The van der Waals surface area contributed by atoms with Gasteiger partial charge in [-0.2, -0.15) is 27.8 Å². The van der Waals surface area contributed by atoms with Crippen molar-refractivity contribution in [3.63, 3.8) is 0 Å². The molecular formula is C39H43F4N15O6. The number of hydrogen-bond donors (Lipinski definition) is 5. The van der Waals surface area contributed by atoms with Gasteiger partial charge < -0.3 is 26.5 Å². The Kier molecular flexibility index (Phi) is 12.1. The summed E-state index contributed by atoms with van der Waals surface area (Å²) in [5.41, 5.74) is 19.7. The van der Waals surface area contributed by atoms with E-state index in [1.807, 2.05) is 0 Å². The number of nitrogen functional groups attached to an aromatic ring is 1. The number of pyridine rings is 1. The zero-order valence-corrected chi connectivity index (χ0v) is 34.9. The number of carbonyl (C=O) groups is 4. The van der Waals surface area contributed by atoms with Crippen molar-refractivity contribution in [3.8, 4) is 5.75 Å². The van der Waals surface area contributed by atoms with Gasteiger partial charge in [0, 0.05) is 44.5 Å². The third-order valence-electron chi connectivity index (χ3n) is 10.1. The quantitative estimate of drug-likeness (QED) is 0.0690. The first-order chi connectivity index (χ1) is 30.3. The van der Waals surface area contributed by atoms with E-state index in [0.717, 1.165) is 4.90 Å². The van der Waals surface area contributed by atoms with E-state index in [2.05, 4.69) is 40.5 Å². The van der Waals surface area contributed by atoms with Crippen molar-refractivity contribution >= 4 is 63.4 Å². The van der Waals surface area contributed by atoms with Gasteiger partial charge in [-0.3, -0.25) is 53.4 Å². The molecule has 21 nitrogen and oxygen atoms in total. The van der Waals surface area contributed by atoms with E-state index in [1.54, 1.807) is 50.5 Å². The summed E-state index contributed by atoms with van der Waals surface area (Å²) in [5, 5.41) is 14.2. The van der Waals surface area contributed by atoms with E-state index in [-0.39, 0.29) is 81.1 Å². The number of amides is 4. The Morgan fingerprint density at radius 3 is 2.09 bits per heavy atom. The first-order valence-electron chi connectivity index (χ1n) is 19.7. The fraction of sp³-hybridized carbons (Fsp3) is 0.359. The van der Waals surface area contributed by atoms with Crippen LogP contribution >= 0.6 is 0 Å². The summed E-state index contributed by atoms with van der Waals surface area (Å²) in [5.74, 6) is -2.83. The number of fused-ring (bicyclic) bond motifs is 2. The molecule has 1 fully saturated rings. The second-order valence-electron chi connectivity index (χ2n) is 14.7. The van der Waals surface area contributed by atoms with Crippen LogP contribution in [0.2, 0.25) is 0 Å². The number of carbonyl (C=O) groups excluding carboxylic acids is 4. The Hall–Kier alpha value is -7.41. The van der Waals surface area contributed by atoms with Crippen LogP contribution in [0.15, 0.2) is 42.6 Å². The molecule has 0 spiro atoms. The lowest BCUT2D eigenvalue weighted by atomic mass is 10.1. The molecule has 7 rings (SSSR count). The van der Waals surface area contributed by atoms with E-state index in [0.29, 0.717) is 24.5 Å². The molecule has 1 aliphatic rings. The van der Waals surface area contributed by atoms with Crippen LogP contribution < -0.4 is 32.6 Å². The van der Waals surface area contributed by atoms with E-state index in [4.69, 9.17) is 21.9 Å². The van der Waals surface area contributed by atoms with Crippen LogP contribution in [0.1, 0.15) is 66.9 Å². The summed E-state index contributed by atoms with van der Waals surface area (Å²) in [6.45, 7) is 4.64. The summed E-state index contributed by atoms with van der Waals surface area (Å²) in [6.07, 6.45) is -3.62. The number of ether oxygens (including phenoxy) is 2. The fourth-order valence-electron chi connectivity index (χ4n) is 7.19. The number of benzene rings is 1. The van der Waals surface area contributed by atoms with Crippen molar-refractivity contribution in [2.75, 3.05) is 42.6 Å². The zero-order chi connectivity index (χ0) is 46.2. The lowest BCUT2D eigenvalue weighted by Gasteiger charge is -2.36. The average Bonchev–Trinajstić information content (AvgIpc) is 3.95. The molecular weight excluding hydrogens is 851 g/mol. The van der Waals surface area contributed by atoms with Gasteiger partial charge in [-0.25, -0.2) is 15.0 Å². The third-order valence-corrected chi connectivity index (χ3v) is 10.1. The number of halogens is 4. The number of aromatic nitrogens is 9. The summed E-state index contributed by atoms with van der Waals surface area (Å²) >= 11 is 0. The topological polar surface area (TPSA) is 276 Å². The van der Waals surface area contributed by atoms with Crippen LogP contribution in [0, 0.1) is 13.8 Å². The van der Waals surface area contributed by atoms with Crippen molar-refractivity contribution < 1.29 is 46.2 Å². The predicted molar refractivity (Wildman–Crippen MR) is 222 cm³/mol. The first-order valence-corrected chi connectivity index (χ1v) is 19.7. The number of primary amides is 2. The summed E-state index contributed by atoms with van der Waals surface area (Å²) in [7, 11) is 0. The van der Waals surface area contributed by atoms with Crippen molar-refractivity contribution in [1.82, 2.24) is 48.5 Å². The maximum Gasteiger partial charge on any atom is 0.372 e. The average molecular weight is 894 g/mol. The summed E-state index contributed by atoms with van der Waals surface area (Å²) in [4.78, 5) is 66.1. The highest BCUT2D eigenvalue weighted by Crippen LogP contribution is 2.34. The lowest BCUT2D eigenvalue weighted by molar-refractivity contribution is -0.405. The molecule has 1 saturated heterocycles. The Morgan fingerprint density at radius 1 is 0.828 bits per heavy atom. The maximum atomic E-state index is 14.0. The molecule has 25 heteroatoms. The molecule has 64 heavy (non-hydrogen) atoms. The highest BCUT2D eigenvalue weighted by Gasteiger charge is 2.51. The minimum atomic E-state index is -4.12. The van der Waals surface area contributed by atoms with Gasteiger partial charge in [-0.15, -0.1) is 0 Å². The Morgan fingerprint density at radius 2 is 1.44 bits per heavy atom. The number of hydrogen-bond acceptors (Lipinski definition) is 13. The van der Waals surface area contributed by atoms with E-state index >= 15 is 0 Å². The standard InChI is InChI=1S/C39H43F4N15O6/c1-5-57-26(13-20(3)52-57)34(61)50-36-48-24-14-22(31(45)59)16-27(63-12-11-54-18-38(40,41)64-39(42,43)19-54)29(24)55(36)9-7-8-10-56-33-25(15-23(17-47-33)32(46)60)49-37(56)51-35(62)30-28(44)21(4)53-58(30)6-2/h7-8,13-17H,5-6,9-12,18-19,44H2,1-4H3,(H2,45,59)(H2,46,60)(H,48,50,61)(H,49,51,62)/b8-7+. The molecule has 4 amide bonds. The van der Waals surface area contributed by atoms with Crippen molar-refractivity contribution in [2.24, 2.45) is 11.5 Å². The SMILES string of the molecule is CCn1nc(C)cc1C(=O)Nc1nc2cc(C(N)=O)cc(OCCN3CC(F)(F)OC(F)(F)C3)c2n1C/C=C/Cn1c(NC(=O)c2c(N)c(C)nn2CC)nc2cc(C(N)=O)cnc21. The number of nitrogens with two attached hydrogens (primary N) is 3. The van der Waals surface area contributed by atoms with Crippen molar-refractivity contribution in [2.45, 2.75) is 66.1 Å². The van der Waals surface area contributed by atoms with Crippen LogP contribution in [0.5, 0.6) is 5.75 Å². The second kappa shape index (κ2) is 17.4. The maximum absolute atomic E-state index is 14.0. The Labute approximate surface area is 360 Å². The molecule has 6 aromatic rings. The Bertz CT molecular complexity index is 2830. The van der Waals surface area contributed by atoms with E-state index < -0.39 is 62.1 Å². The van der Waals surface area contributed by atoms with Crippen LogP contribution in [0.3, 0.4) is 0 Å². The first kappa shape index (κ1) is 44.6. The third kappa shape index (κ3) is 9.19. The van der Waals surface area contributed by atoms with Crippen LogP contribution in [-0.4, -0.2) is 111 Å². The summed E-state index contributed by atoms with van der Waals surface area (Å²) in [6, 6.07) is 5.66. The number of anilines is 3. The van der Waals surface area contributed by atoms with Crippen LogP contribution in [-0.2, 0) is 30.9 Å². The van der Waals surface area contributed by atoms with Gasteiger partial charge in [0.15, 0.2) is 5.65 Å². The smallest absolute Gasteiger partial charge is 0.372 e. The minimum absolute atomic E-state index is 0.0177. The number of morpholine rings is 1. The molecule has 338 valence electrons. The van der Waals surface area contributed by atoms with Gasteiger partial charge in [0.1, 0.15) is 34.8 Å². The van der Waals surface area contributed by atoms with Gasteiger partial charge in [-0.1, -0.05) is 12.2 Å². The largest absolute Gasteiger partial charge is 0.490 e. The number of imidazole rings is 2. The molecule has 0 unspecified atom stereocenters. The normalized spacial score (nSPS) is 15.0. The fourth-order valence-corrected chi connectivity index (χ4v) is 7.19. The number of alkyl halides is 4. The molecule has 0 bridgehead atoms. The molecule has 8 N–H and O–H groups in total. The molecule has 5 aromatic heterocycles. The molecule has 0 saturated carbocycles. The zero-order valence-electron chi connectivity index (χ0n) is 34.9. The molecule has 1 aromatic carbocycles. The van der Waals surface area contributed by atoms with Gasteiger partial charge >= 0.3 is 12.2 Å². The number of allylic oxidation sites excluding steroid dienone is 2. The number of rotatable bonds is 16. The van der Waals surface area contributed by atoms with Crippen LogP contribution in [0.4, 0.5) is 35.1 Å². The van der Waals surface area contributed by atoms with E-state index in [1.165, 1.54) is 38.3 Å². The molecule has 0 radical (unpaired) electrons. The van der Waals surface area contributed by atoms with Crippen LogP contribution in [0.25, 0.3) is 22.2 Å². The van der Waals surface area contributed by atoms with Crippen molar-refractivity contribution in [1.29, 1.82) is 0 Å². The van der Waals surface area contributed by atoms with Gasteiger partial charge in [0.2, 0.25) is 23.7 Å². The number of aryl methyl sites for hydroxylation is 4. The highest BCUT2D eigenvalue weighted by molar-refractivity contribution is 6.07. The molecule has 0 atom stereocenters.